The Bertz CT molecular complexity index is 1060. The van der Waals surface area contributed by atoms with Gasteiger partial charge in [-0.05, 0) is 54.8 Å². The van der Waals surface area contributed by atoms with Crippen LogP contribution in [-0.2, 0) is 11.3 Å². The minimum atomic E-state index is -0.145. The average Bonchev–Trinajstić information content (AvgIpc) is 3.22. The number of nitrogens with one attached hydrogen (secondary N) is 1. The fraction of sp³-hybridized carbons (Fsp3) is 0.261. The maximum atomic E-state index is 12.8. The maximum absolute atomic E-state index is 12.8. The van der Waals surface area contributed by atoms with E-state index >= 15 is 0 Å². The van der Waals surface area contributed by atoms with Crippen LogP contribution in [0.15, 0.2) is 60.8 Å². The van der Waals surface area contributed by atoms with Crippen LogP contribution in [0.3, 0.4) is 0 Å². The van der Waals surface area contributed by atoms with Gasteiger partial charge >= 0.3 is 0 Å². The quantitative estimate of drug-likeness (QED) is 0.603. The summed E-state index contributed by atoms with van der Waals surface area (Å²) >= 11 is 11.8. The molecule has 3 aromatic rings. The number of hydrogen-bond acceptors (Lipinski definition) is 3. The van der Waals surface area contributed by atoms with Crippen molar-refractivity contribution in [2.24, 2.45) is 5.92 Å². The Morgan fingerprint density at radius 2 is 1.55 bits per heavy atom. The monoisotopic (exact) mass is 456 g/mol. The fourth-order valence-corrected chi connectivity index (χ4v) is 3.93. The normalized spacial score (nSPS) is 14.5. The standard InChI is InChI=1S/C23H22Cl2N4O2/c24-19-5-1-16(2-6-19)15-29-21(9-12-26-29)27-22(30)17-10-13-28(14-11-17)23(31)18-3-7-20(25)8-4-18/h1-9,12,17H,10-11,13-15H2,(H,27,30). The number of carbonyl (C=O) groups is 2. The summed E-state index contributed by atoms with van der Waals surface area (Å²) in [5.41, 5.74) is 1.65. The Morgan fingerprint density at radius 1 is 0.935 bits per heavy atom. The lowest BCUT2D eigenvalue weighted by molar-refractivity contribution is -0.121. The first-order chi connectivity index (χ1) is 15.0. The molecule has 31 heavy (non-hydrogen) atoms. The number of piperidine rings is 1. The molecule has 0 spiro atoms. The lowest BCUT2D eigenvalue weighted by Gasteiger charge is -2.31. The maximum Gasteiger partial charge on any atom is 0.253 e. The summed E-state index contributed by atoms with van der Waals surface area (Å²) in [6.07, 6.45) is 2.91. The Morgan fingerprint density at radius 3 is 2.19 bits per heavy atom. The first kappa shape index (κ1) is 21.4. The zero-order valence-electron chi connectivity index (χ0n) is 16.8. The topological polar surface area (TPSA) is 67.2 Å². The highest BCUT2D eigenvalue weighted by atomic mass is 35.5. The molecule has 0 saturated carbocycles. The van der Waals surface area contributed by atoms with Gasteiger partial charge < -0.3 is 10.2 Å². The summed E-state index contributed by atoms with van der Waals surface area (Å²) < 4.78 is 1.75. The second-order valence-electron chi connectivity index (χ2n) is 7.56. The van der Waals surface area contributed by atoms with Gasteiger partial charge in [0.1, 0.15) is 5.82 Å². The van der Waals surface area contributed by atoms with E-state index in [2.05, 4.69) is 10.4 Å². The van der Waals surface area contributed by atoms with Crippen LogP contribution in [-0.4, -0.2) is 39.6 Å². The van der Waals surface area contributed by atoms with E-state index in [9.17, 15) is 9.59 Å². The molecule has 2 heterocycles. The van der Waals surface area contributed by atoms with Crippen LogP contribution in [0.4, 0.5) is 5.82 Å². The van der Waals surface area contributed by atoms with Crippen molar-refractivity contribution in [1.29, 1.82) is 0 Å². The summed E-state index contributed by atoms with van der Waals surface area (Å²) in [6, 6.07) is 16.2. The Labute approximate surface area is 190 Å². The molecule has 0 bridgehead atoms. The van der Waals surface area contributed by atoms with Crippen molar-refractivity contribution in [3.63, 3.8) is 0 Å². The molecule has 0 aliphatic carbocycles. The molecule has 1 N–H and O–H groups in total. The minimum absolute atomic E-state index is 0.0310. The Balaban J connectivity index is 1.32. The molecule has 0 radical (unpaired) electrons. The molecule has 4 rings (SSSR count). The highest BCUT2D eigenvalue weighted by molar-refractivity contribution is 6.30. The van der Waals surface area contributed by atoms with Crippen molar-refractivity contribution in [3.8, 4) is 0 Å². The second-order valence-corrected chi connectivity index (χ2v) is 8.44. The molecule has 1 saturated heterocycles. The van der Waals surface area contributed by atoms with Crippen LogP contribution in [0.5, 0.6) is 0 Å². The van der Waals surface area contributed by atoms with Gasteiger partial charge in [-0.1, -0.05) is 35.3 Å². The van der Waals surface area contributed by atoms with Crippen LogP contribution >= 0.6 is 23.2 Å². The van der Waals surface area contributed by atoms with E-state index < -0.39 is 0 Å². The van der Waals surface area contributed by atoms with Crippen LogP contribution in [0.1, 0.15) is 28.8 Å². The first-order valence-electron chi connectivity index (χ1n) is 10.1. The largest absolute Gasteiger partial charge is 0.339 e. The minimum Gasteiger partial charge on any atom is -0.339 e. The number of halogens is 2. The van der Waals surface area contributed by atoms with Crippen LogP contribution in [0.25, 0.3) is 0 Å². The van der Waals surface area contributed by atoms with Gasteiger partial charge in [0, 0.05) is 40.7 Å². The van der Waals surface area contributed by atoms with Crippen molar-refractivity contribution in [2.45, 2.75) is 19.4 Å². The lowest BCUT2D eigenvalue weighted by atomic mass is 9.95. The molecule has 0 atom stereocenters. The van der Waals surface area contributed by atoms with Crippen molar-refractivity contribution >= 4 is 40.8 Å². The number of likely N-dealkylation sites (tertiary alicyclic amines) is 1. The number of aromatic nitrogens is 2. The van der Waals surface area contributed by atoms with Gasteiger partial charge in [-0.3, -0.25) is 9.59 Å². The molecule has 0 unspecified atom stereocenters. The zero-order valence-corrected chi connectivity index (χ0v) is 18.3. The van der Waals surface area contributed by atoms with E-state index in [-0.39, 0.29) is 17.7 Å². The molecule has 1 aliphatic heterocycles. The van der Waals surface area contributed by atoms with Crippen LogP contribution in [0, 0.1) is 5.92 Å². The van der Waals surface area contributed by atoms with Gasteiger partial charge in [0.15, 0.2) is 0 Å². The summed E-state index contributed by atoms with van der Waals surface area (Å²) in [6.45, 7) is 1.63. The summed E-state index contributed by atoms with van der Waals surface area (Å²) in [5, 5.41) is 8.58. The molecular formula is C23H22Cl2N4O2. The SMILES string of the molecule is O=C(Nc1ccnn1Cc1ccc(Cl)cc1)C1CCN(C(=O)c2ccc(Cl)cc2)CC1. The van der Waals surface area contributed by atoms with E-state index in [1.165, 1.54) is 0 Å². The molecular weight excluding hydrogens is 435 g/mol. The molecule has 8 heteroatoms. The summed E-state index contributed by atoms with van der Waals surface area (Å²) in [5.74, 6) is 0.431. The molecule has 2 amide bonds. The Hall–Kier alpha value is -2.83. The summed E-state index contributed by atoms with van der Waals surface area (Å²) in [7, 11) is 0. The number of carbonyl (C=O) groups excluding carboxylic acids is 2. The van der Waals surface area contributed by atoms with Crippen molar-refractivity contribution in [3.05, 3.63) is 82.0 Å². The predicted octanol–water partition coefficient (Wildman–Crippen LogP) is 4.73. The fourth-order valence-electron chi connectivity index (χ4n) is 3.68. The lowest BCUT2D eigenvalue weighted by Crippen LogP contribution is -2.41. The predicted molar refractivity (Wildman–Crippen MR) is 121 cm³/mol. The molecule has 1 fully saturated rings. The third-order valence-electron chi connectivity index (χ3n) is 5.46. The van der Waals surface area contributed by atoms with Gasteiger partial charge in [0.2, 0.25) is 5.91 Å². The number of nitrogens with zero attached hydrogens (tertiary/aromatic N) is 3. The number of amides is 2. The third kappa shape index (κ3) is 5.27. The van der Waals surface area contributed by atoms with Gasteiger partial charge in [0.25, 0.3) is 5.91 Å². The van der Waals surface area contributed by atoms with Crippen molar-refractivity contribution in [2.75, 3.05) is 18.4 Å². The van der Waals surface area contributed by atoms with E-state index in [4.69, 9.17) is 23.2 Å². The van der Waals surface area contributed by atoms with E-state index in [0.29, 0.717) is 53.9 Å². The van der Waals surface area contributed by atoms with Gasteiger partial charge in [-0.25, -0.2) is 4.68 Å². The number of rotatable bonds is 5. The molecule has 1 aliphatic rings. The highest BCUT2D eigenvalue weighted by Gasteiger charge is 2.28. The number of anilines is 1. The van der Waals surface area contributed by atoms with Gasteiger partial charge in [0.05, 0.1) is 12.7 Å². The first-order valence-corrected chi connectivity index (χ1v) is 10.9. The van der Waals surface area contributed by atoms with Crippen LogP contribution in [0.2, 0.25) is 10.0 Å². The molecule has 2 aromatic carbocycles. The molecule has 1 aromatic heterocycles. The highest BCUT2D eigenvalue weighted by Crippen LogP contribution is 2.22. The van der Waals surface area contributed by atoms with Gasteiger partial charge in [-0.2, -0.15) is 5.10 Å². The van der Waals surface area contributed by atoms with E-state index in [1.807, 2.05) is 24.3 Å². The van der Waals surface area contributed by atoms with E-state index in [0.717, 1.165) is 5.56 Å². The number of benzene rings is 2. The van der Waals surface area contributed by atoms with Crippen molar-refractivity contribution in [1.82, 2.24) is 14.7 Å². The summed E-state index contributed by atoms with van der Waals surface area (Å²) in [4.78, 5) is 27.2. The number of hydrogen-bond donors (Lipinski definition) is 1. The molecule has 160 valence electrons. The average molecular weight is 457 g/mol. The third-order valence-corrected chi connectivity index (χ3v) is 5.96. The zero-order chi connectivity index (χ0) is 21.8. The Kier molecular flexibility index (Phi) is 6.59. The van der Waals surface area contributed by atoms with Gasteiger partial charge in [-0.15, -0.1) is 0 Å². The van der Waals surface area contributed by atoms with E-state index in [1.54, 1.807) is 46.1 Å². The van der Waals surface area contributed by atoms with Crippen molar-refractivity contribution < 1.29 is 9.59 Å². The second kappa shape index (κ2) is 9.54. The molecule has 6 nitrogen and oxygen atoms in total. The van der Waals surface area contributed by atoms with Crippen LogP contribution < -0.4 is 5.32 Å². The smallest absolute Gasteiger partial charge is 0.253 e.